The smallest absolute Gasteiger partial charge is 0.305 e. The van der Waals surface area contributed by atoms with Crippen molar-refractivity contribution in [1.29, 1.82) is 0 Å². The lowest BCUT2D eigenvalue weighted by Crippen LogP contribution is -2.28. The molecular formula is C13H19ClN2O4S. The molecule has 0 aromatic heterocycles. The number of hydrogen-bond donors (Lipinski definition) is 1. The van der Waals surface area contributed by atoms with Crippen LogP contribution < -0.4 is 5.73 Å². The highest BCUT2D eigenvalue weighted by molar-refractivity contribution is 7.89. The minimum absolute atomic E-state index is 0.0381. The summed E-state index contributed by atoms with van der Waals surface area (Å²) < 4.78 is 30.4. The Morgan fingerprint density at radius 1 is 1.43 bits per heavy atom. The number of hydrogen-bond acceptors (Lipinski definition) is 5. The Morgan fingerprint density at radius 3 is 2.57 bits per heavy atom. The van der Waals surface area contributed by atoms with E-state index in [9.17, 15) is 13.2 Å². The van der Waals surface area contributed by atoms with Crippen LogP contribution in [0.25, 0.3) is 0 Å². The second kappa shape index (κ2) is 7.11. The van der Waals surface area contributed by atoms with Gasteiger partial charge in [-0.15, -0.1) is 0 Å². The molecule has 1 aromatic carbocycles. The number of methoxy groups -OCH3 is 1. The first kappa shape index (κ1) is 17.7. The maximum absolute atomic E-state index is 12.4. The summed E-state index contributed by atoms with van der Waals surface area (Å²) in [5.41, 5.74) is 6.71. The molecule has 0 saturated heterocycles. The van der Waals surface area contributed by atoms with Gasteiger partial charge in [0.2, 0.25) is 10.0 Å². The van der Waals surface area contributed by atoms with E-state index in [-0.39, 0.29) is 23.8 Å². The zero-order valence-corrected chi connectivity index (χ0v) is 13.8. The highest BCUT2D eigenvalue weighted by atomic mass is 35.5. The summed E-state index contributed by atoms with van der Waals surface area (Å²) in [7, 11) is -0.956. The van der Waals surface area contributed by atoms with Gasteiger partial charge in [0, 0.05) is 30.7 Å². The molecule has 1 aromatic rings. The number of halogens is 1. The van der Waals surface area contributed by atoms with Crippen LogP contribution in [-0.2, 0) is 19.6 Å². The normalized spacial score (nSPS) is 11.7. The third-order valence-corrected chi connectivity index (χ3v) is 5.37. The molecule has 21 heavy (non-hydrogen) atoms. The van der Waals surface area contributed by atoms with Gasteiger partial charge in [-0.05, 0) is 31.0 Å². The summed E-state index contributed by atoms with van der Waals surface area (Å²) in [6.45, 7) is 1.91. The van der Waals surface area contributed by atoms with Crippen LogP contribution in [0.1, 0.15) is 18.4 Å². The Bertz CT molecular complexity index is 608. The summed E-state index contributed by atoms with van der Waals surface area (Å²) in [4.78, 5) is 11.1. The van der Waals surface area contributed by atoms with Crippen molar-refractivity contribution >= 4 is 33.3 Å². The van der Waals surface area contributed by atoms with Crippen molar-refractivity contribution in [2.45, 2.75) is 24.7 Å². The van der Waals surface area contributed by atoms with Crippen molar-refractivity contribution in [2.75, 3.05) is 26.4 Å². The van der Waals surface area contributed by atoms with E-state index < -0.39 is 10.0 Å². The number of sulfonamides is 1. The van der Waals surface area contributed by atoms with E-state index in [0.717, 1.165) is 4.31 Å². The van der Waals surface area contributed by atoms with E-state index in [1.807, 2.05) is 0 Å². The predicted octanol–water partition coefficient (Wildman–Crippen LogP) is 1.80. The van der Waals surface area contributed by atoms with Crippen molar-refractivity contribution in [3.05, 3.63) is 22.7 Å². The van der Waals surface area contributed by atoms with E-state index in [1.165, 1.54) is 26.3 Å². The lowest BCUT2D eigenvalue weighted by Gasteiger charge is -2.18. The van der Waals surface area contributed by atoms with Gasteiger partial charge in [-0.25, -0.2) is 12.7 Å². The molecule has 0 heterocycles. The molecule has 0 spiro atoms. The fourth-order valence-corrected chi connectivity index (χ4v) is 3.23. The van der Waals surface area contributed by atoms with E-state index in [1.54, 1.807) is 6.92 Å². The summed E-state index contributed by atoms with van der Waals surface area (Å²) in [5, 5.41) is 0.302. The molecule has 0 fully saturated rings. The molecule has 0 bridgehead atoms. The van der Waals surface area contributed by atoms with Gasteiger partial charge in [0.1, 0.15) is 0 Å². The monoisotopic (exact) mass is 334 g/mol. The van der Waals surface area contributed by atoms with Gasteiger partial charge in [-0.1, -0.05) is 11.6 Å². The molecule has 0 unspecified atom stereocenters. The lowest BCUT2D eigenvalue weighted by atomic mass is 10.2. The van der Waals surface area contributed by atoms with Crippen LogP contribution >= 0.6 is 11.6 Å². The van der Waals surface area contributed by atoms with Gasteiger partial charge in [0.05, 0.1) is 12.0 Å². The molecule has 0 aliphatic carbocycles. The number of nitrogens with two attached hydrogens (primary N) is 1. The highest BCUT2D eigenvalue weighted by Crippen LogP contribution is 2.27. The van der Waals surface area contributed by atoms with E-state index in [0.29, 0.717) is 22.7 Å². The number of ether oxygens (including phenoxy) is 1. The number of carbonyl (C=O) groups excluding carboxylic acids is 1. The molecule has 2 N–H and O–H groups in total. The average molecular weight is 335 g/mol. The number of rotatable bonds is 6. The Hall–Kier alpha value is -1.31. The fraction of sp³-hybridized carbons (Fsp3) is 0.462. The van der Waals surface area contributed by atoms with Gasteiger partial charge >= 0.3 is 5.97 Å². The van der Waals surface area contributed by atoms with E-state index >= 15 is 0 Å². The third-order valence-electron chi connectivity index (χ3n) is 3.15. The van der Waals surface area contributed by atoms with Gasteiger partial charge in [0.25, 0.3) is 0 Å². The van der Waals surface area contributed by atoms with Crippen LogP contribution in [0.15, 0.2) is 17.0 Å². The summed E-state index contributed by atoms with van der Waals surface area (Å²) in [6, 6.07) is 2.76. The van der Waals surface area contributed by atoms with Crippen molar-refractivity contribution < 1.29 is 17.9 Å². The standard InChI is InChI=1S/C13H19ClN2O4S/c1-9-11(14)7-10(8-12(9)15)21(18,19)16(2)6-4-5-13(17)20-3/h7-8H,4-6,15H2,1-3H3. The first-order valence-corrected chi connectivity index (χ1v) is 8.10. The molecular weight excluding hydrogens is 316 g/mol. The van der Waals surface area contributed by atoms with Gasteiger partial charge in [-0.3, -0.25) is 4.79 Å². The number of anilines is 1. The molecule has 0 saturated carbocycles. The summed E-state index contributed by atoms with van der Waals surface area (Å²) in [6.07, 6.45) is 0.532. The van der Waals surface area contributed by atoms with Crippen LogP contribution in [0.3, 0.4) is 0 Å². The first-order valence-electron chi connectivity index (χ1n) is 6.29. The Labute approximate surface area is 129 Å². The number of benzene rings is 1. The van der Waals surface area contributed by atoms with E-state index in [2.05, 4.69) is 4.74 Å². The zero-order chi connectivity index (χ0) is 16.2. The number of carbonyl (C=O) groups is 1. The molecule has 118 valence electrons. The van der Waals surface area contributed by atoms with Crippen molar-refractivity contribution in [2.24, 2.45) is 0 Å². The summed E-state index contributed by atoms with van der Waals surface area (Å²) >= 11 is 5.97. The molecule has 1 rings (SSSR count). The minimum Gasteiger partial charge on any atom is -0.469 e. The highest BCUT2D eigenvalue weighted by Gasteiger charge is 2.22. The molecule has 0 atom stereocenters. The minimum atomic E-state index is -3.69. The molecule has 8 heteroatoms. The number of nitrogens with zero attached hydrogens (tertiary/aromatic N) is 1. The van der Waals surface area contributed by atoms with Crippen LogP contribution in [0.5, 0.6) is 0 Å². The maximum Gasteiger partial charge on any atom is 0.305 e. The van der Waals surface area contributed by atoms with E-state index in [4.69, 9.17) is 17.3 Å². The van der Waals surface area contributed by atoms with Gasteiger partial charge < -0.3 is 10.5 Å². The first-order chi connectivity index (χ1) is 9.70. The van der Waals surface area contributed by atoms with Crippen LogP contribution in [-0.4, -0.2) is 39.4 Å². The largest absolute Gasteiger partial charge is 0.469 e. The maximum atomic E-state index is 12.4. The molecule has 0 radical (unpaired) electrons. The van der Waals surface area contributed by atoms with Crippen LogP contribution in [0, 0.1) is 6.92 Å². The Balaban J connectivity index is 2.88. The zero-order valence-electron chi connectivity index (χ0n) is 12.2. The lowest BCUT2D eigenvalue weighted by molar-refractivity contribution is -0.140. The van der Waals surface area contributed by atoms with Gasteiger partial charge in [-0.2, -0.15) is 0 Å². The quantitative estimate of drug-likeness (QED) is 0.633. The number of esters is 1. The molecule has 0 aliphatic rings. The number of nitrogen functional groups attached to an aromatic ring is 1. The Morgan fingerprint density at radius 2 is 2.05 bits per heavy atom. The van der Waals surface area contributed by atoms with Crippen LogP contribution in [0.4, 0.5) is 5.69 Å². The van der Waals surface area contributed by atoms with Crippen molar-refractivity contribution in [1.82, 2.24) is 4.31 Å². The van der Waals surface area contributed by atoms with Crippen molar-refractivity contribution in [3.63, 3.8) is 0 Å². The van der Waals surface area contributed by atoms with Crippen molar-refractivity contribution in [3.8, 4) is 0 Å². The fourth-order valence-electron chi connectivity index (χ4n) is 1.67. The molecule has 6 nitrogen and oxygen atoms in total. The van der Waals surface area contributed by atoms with Gasteiger partial charge in [0.15, 0.2) is 0 Å². The second-order valence-electron chi connectivity index (χ2n) is 4.63. The van der Waals surface area contributed by atoms with Crippen LogP contribution in [0.2, 0.25) is 5.02 Å². The summed E-state index contributed by atoms with van der Waals surface area (Å²) in [5.74, 6) is -0.372. The molecule has 0 aliphatic heterocycles. The molecule has 0 amide bonds. The third kappa shape index (κ3) is 4.33. The predicted molar refractivity (Wildman–Crippen MR) is 81.7 cm³/mol. The average Bonchev–Trinajstić information content (AvgIpc) is 2.43. The Kier molecular flexibility index (Phi) is 6.00. The SMILES string of the molecule is COC(=O)CCCN(C)S(=O)(=O)c1cc(N)c(C)c(Cl)c1. The second-order valence-corrected chi connectivity index (χ2v) is 7.08. The topological polar surface area (TPSA) is 89.7 Å².